The van der Waals surface area contributed by atoms with Gasteiger partial charge in [0.25, 0.3) is 0 Å². The average Bonchev–Trinajstić information content (AvgIpc) is 2.10. The normalized spacial score (nSPS) is 12.1. The van der Waals surface area contributed by atoms with E-state index in [4.69, 9.17) is 16.9 Å². The van der Waals surface area contributed by atoms with E-state index in [0.717, 1.165) is 6.20 Å². The topological polar surface area (TPSA) is 36.7 Å². The summed E-state index contributed by atoms with van der Waals surface area (Å²) in [6, 6.07) is 4.70. The summed E-state index contributed by atoms with van der Waals surface area (Å²) in [7, 11) is 0. The lowest BCUT2D eigenvalue weighted by Crippen LogP contribution is -1.99. The molecular weight excluding hydrogens is 179 g/mol. The standard InChI is InChI=1S/C8H6ClFN2/c9-3-6(4-11)8-2-1-7(10)5-12-8/h1-2,5-6H,3H2. The van der Waals surface area contributed by atoms with Crippen molar-refractivity contribution in [3.05, 3.63) is 29.8 Å². The maximum Gasteiger partial charge on any atom is 0.141 e. The van der Waals surface area contributed by atoms with Crippen LogP contribution in [0.15, 0.2) is 18.3 Å². The van der Waals surface area contributed by atoms with Gasteiger partial charge in [-0.05, 0) is 12.1 Å². The SMILES string of the molecule is N#CC(CCl)c1ccc(F)cn1. The number of hydrogen-bond donors (Lipinski definition) is 0. The van der Waals surface area contributed by atoms with E-state index in [1.54, 1.807) is 0 Å². The van der Waals surface area contributed by atoms with Gasteiger partial charge in [-0.2, -0.15) is 5.26 Å². The fraction of sp³-hybridized carbons (Fsp3) is 0.250. The second kappa shape index (κ2) is 4.03. The molecule has 0 aromatic carbocycles. The summed E-state index contributed by atoms with van der Waals surface area (Å²) in [6.07, 6.45) is 1.08. The Balaban J connectivity index is 2.89. The van der Waals surface area contributed by atoms with Crippen LogP contribution in [0.3, 0.4) is 0 Å². The van der Waals surface area contributed by atoms with Crippen LogP contribution in [0.1, 0.15) is 11.6 Å². The second-order valence-electron chi connectivity index (χ2n) is 2.24. The number of hydrogen-bond acceptors (Lipinski definition) is 2. The molecule has 2 nitrogen and oxygen atoms in total. The van der Waals surface area contributed by atoms with Gasteiger partial charge in [-0.25, -0.2) is 4.39 Å². The Hall–Kier alpha value is -1.14. The smallest absolute Gasteiger partial charge is 0.141 e. The Labute approximate surface area is 74.6 Å². The van der Waals surface area contributed by atoms with Gasteiger partial charge in [0, 0.05) is 5.88 Å². The van der Waals surface area contributed by atoms with Gasteiger partial charge >= 0.3 is 0 Å². The minimum Gasteiger partial charge on any atom is -0.257 e. The second-order valence-corrected chi connectivity index (χ2v) is 2.55. The van der Waals surface area contributed by atoms with Crippen molar-refractivity contribution in [2.24, 2.45) is 0 Å². The lowest BCUT2D eigenvalue weighted by atomic mass is 10.1. The van der Waals surface area contributed by atoms with Gasteiger partial charge in [0.05, 0.1) is 18.0 Å². The maximum atomic E-state index is 12.4. The van der Waals surface area contributed by atoms with Crippen molar-refractivity contribution in [1.29, 1.82) is 5.26 Å². The van der Waals surface area contributed by atoms with E-state index in [1.165, 1.54) is 12.1 Å². The van der Waals surface area contributed by atoms with Crippen LogP contribution in [0.5, 0.6) is 0 Å². The fourth-order valence-electron chi connectivity index (χ4n) is 0.773. The third-order valence-corrected chi connectivity index (χ3v) is 1.73. The molecule has 0 spiro atoms. The van der Waals surface area contributed by atoms with E-state index in [9.17, 15) is 4.39 Å². The van der Waals surface area contributed by atoms with Crippen molar-refractivity contribution in [2.75, 3.05) is 5.88 Å². The van der Waals surface area contributed by atoms with Gasteiger partial charge in [0.2, 0.25) is 0 Å². The van der Waals surface area contributed by atoms with Crippen molar-refractivity contribution in [3.8, 4) is 6.07 Å². The van der Waals surface area contributed by atoms with Crippen LogP contribution in [0, 0.1) is 17.1 Å². The third-order valence-electron chi connectivity index (χ3n) is 1.42. The lowest BCUT2D eigenvalue weighted by Gasteiger charge is -2.02. The number of alkyl halides is 1. The highest BCUT2D eigenvalue weighted by Gasteiger charge is 2.09. The van der Waals surface area contributed by atoms with Crippen molar-refractivity contribution in [2.45, 2.75) is 5.92 Å². The van der Waals surface area contributed by atoms with Crippen LogP contribution in [-0.4, -0.2) is 10.9 Å². The molecule has 1 rings (SSSR count). The van der Waals surface area contributed by atoms with Crippen LogP contribution < -0.4 is 0 Å². The highest BCUT2D eigenvalue weighted by molar-refractivity contribution is 6.18. The van der Waals surface area contributed by atoms with Crippen LogP contribution in [0.25, 0.3) is 0 Å². The highest BCUT2D eigenvalue weighted by atomic mass is 35.5. The molecule has 62 valence electrons. The number of nitriles is 1. The predicted molar refractivity (Wildman–Crippen MR) is 43.3 cm³/mol. The van der Waals surface area contributed by atoms with Crippen LogP contribution in [-0.2, 0) is 0 Å². The first-order chi connectivity index (χ1) is 5.77. The quantitative estimate of drug-likeness (QED) is 0.660. The average molecular weight is 185 g/mol. The molecule has 1 aromatic rings. The number of aromatic nitrogens is 1. The van der Waals surface area contributed by atoms with Crippen LogP contribution in [0.4, 0.5) is 4.39 Å². The predicted octanol–water partition coefficient (Wildman–Crippen LogP) is 2.07. The number of nitrogens with zero attached hydrogens (tertiary/aromatic N) is 2. The summed E-state index contributed by atoms with van der Waals surface area (Å²) in [5, 5.41) is 8.58. The summed E-state index contributed by atoms with van der Waals surface area (Å²) in [5.74, 6) is -0.688. The number of pyridine rings is 1. The van der Waals surface area contributed by atoms with Crippen molar-refractivity contribution in [1.82, 2.24) is 4.98 Å². The van der Waals surface area contributed by atoms with Gasteiger partial charge < -0.3 is 0 Å². The monoisotopic (exact) mass is 184 g/mol. The summed E-state index contributed by atoms with van der Waals surface area (Å²) in [4.78, 5) is 3.74. The summed E-state index contributed by atoms with van der Waals surface area (Å²) in [6.45, 7) is 0. The first kappa shape index (κ1) is 8.95. The first-order valence-electron chi connectivity index (χ1n) is 3.35. The third kappa shape index (κ3) is 1.93. The fourth-order valence-corrected chi connectivity index (χ4v) is 1.00. The number of halogens is 2. The molecule has 0 radical (unpaired) electrons. The summed E-state index contributed by atoms with van der Waals surface area (Å²) < 4.78 is 12.4. The van der Waals surface area contributed by atoms with Gasteiger partial charge in [0.15, 0.2) is 0 Å². The molecule has 0 aliphatic heterocycles. The van der Waals surface area contributed by atoms with Crippen LogP contribution >= 0.6 is 11.6 Å². The zero-order valence-electron chi connectivity index (χ0n) is 6.17. The van der Waals surface area contributed by atoms with E-state index in [1.807, 2.05) is 6.07 Å². The molecular formula is C8H6ClFN2. The lowest BCUT2D eigenvalue weighted by molar-refractivity contribution is 0.618. The summed E-state index contributed by atoms with van der Waals surface area (Å²) >= 11 is 5.49. The number of rotatable bonds is 2. The van der Waals surface area contributed by atoms with Gasteiger partial charge in [-0.3, -0.25) is 4.98 Å². The molecule has 1 aromatic heterocycles. The first-order valence-corrected chi connectivity index (χ1v) is 3.88. The van der Waals surface area contributed by atoms with E-state index in [-0.39, 0.29) is 5.88 Å². The summed E-state index contributed by atoms with van der Waals surface area (Å²) in [5.41, 5.74) is 0.508. The van der Waals surface area contributed by atoms with E-state index < -0.39 is 11.7 Å². The zero-order valence-corrected chi connectivity index (χ0v) is 6.92. The van der Waals surface area contributed by atoms with E-state index in [0.29, 0.717) is 5.69 Å². The van der Waals surface area contributed by atoms with Crippen molar-refractivity contribution >= 4 is 11.6 Å². The Morgan fingerprint density at radius 3 is 2.83 bits per heavy atom. The molecule has 1 unspecified atom stereocenters. The molecule has 0 fully saturated rings. The molecule has 0 aliphatic rings. The van der Waals surface area contributed by atoms with Crippen molar-refractivity contribution < 1.29 is 4.39 Å². The minimum atomic E-state index is -0.452. The van der Waals surface area contributed by atoms with Gasteiger partial charge in [0.1, 0.15) is 11.7 Å². The van der Waals surface area contributed by atoms with E-state index in [2.05, 4.69) is 4.98 Å². The molecule has 4 heteroatoms. The molecule has 0 saturated carbocycles. The molecule has 0 bridgehead atoms. The molecule has 0 amide bonds. The molecule has 12 heavy (non-hydrogen) atoms. The Morgan fingerprint density at radius 1 is 1.67 bits per heavy atom. The largest absolute Gasteiger partial charge is 0.257 e. The molecule has 0 N–H and O–H groups in total. The molecule has 1 heterocycles. The van der Waals surface area contributed by atoms with Crippen LogP contribution in [0.2, 0.25) is 0 Å². The highest BCUT2D eigenvalue weighted by Crippen LogP contribution is 2.13. The molecule has 1 atom stereocenters. The Morgan fingerprint density at radius 2 is 2.42 bits per heavy atom. The minimum absolute atomic E-state index is 0.176. The Kier molecular flexibility index (Phi) is 3.01. The molecule has 0 saturated heterocycles. The Bertz CT molecular complexity index is 291. The van der Waals surface area contributed by atoms with Gasteiger partial charge in [-0.15, -0.1) is 11.6 Å². The van der Waals surface area contributed by atoms with E-state index >= 15 is 0 Å². The zero-order chi connectivity index (χ0) is 8.97. The molecule has 0 aliphatic carbocycles. The maximum absolute atomic E-state index is 12.4. The van der Waals surface area contributed by atoms with Gasteiger partial charge in [-0.1, -0.05) is 0 Å². The van der Waals surface area contributed by atoms with Crippen molar-refractivity contribution in [3.63, 3.8) is 0 Å².